The maximum atomic E-state index is 11.9. The van der Waals surface area contributed by atoms with Crippen LogP contribution in [-0.4, -0.2) is 29.6 Å². The highest BCUT2D eigenvalue weighted by Gasteiger charge is 2.32. The third-order valence-corrected chi connectivity index (χ3v) is 3.19. The van der Waals surface area contributed by atoms with Gasteiger partial charge in [0.15, 0.2) is 0 Å². The molecule has 3 heteroatoms. The van der Waals surface area contributed by atoms with Gasteiger partial charge in [0, 0.05) is 6.04 Å². The summed E-state index contributed by atoms with van der Waals surface area (Å²) in [5, 5.41) is 3.25. The van der Waals surface area contributed by atoms with Gasteiger partial charge < -0.3 is 4.90 Å². The molecule has 2 unspecified atom stereocenters. The van der Waals surface area contributed by atoms with E-state index in [1.165, 1.54) is 6.42 Å². The first-order valence-electron chi connectivity index (χ1n) is 6.10. The van der Waals surface area contributed by atoms with E-state index >= 15 is 0 Å². The van der Waals surface area contributed by atoms with Crippen LogP contribution in [-0.2, 0) is 4.79 Å². The van der Waals surface area contributed by atoms with Crippen molar-refractivity contribution in [1.82, 2.24) is 10.2 Å². The molecule has 88 valence electrons. The minimum atomic E-state index is 0.0616. The summed E-state index contributed by atoms with van der Waals surface area (Å²) in [5.41, 5.74) is 0. The number of hydrogen-bond acceptors (Lipinski definition) is 2. The summed E-state index contributed by atoms with van der Waals surface area (Å²) in [6.07, 6.45) is 3.20. The predicted octanol–water partition coefficient (Wildman–Crippen LogP) is 1.98. The van der Waals surface area contributed by atoms with Crippen LogP contribution in [0.15, 0.2) is 0 Å². The summed E-state index contributed by atoms with van der Waals surface area (Å²) in [6.45, 7) is 9.39. The first-order valence-corrected chi connectivity index (χ1v) is 6.10. The molecule has 1 aliphatic rings. The van der Waals surface area contributed by atoms with Crippen molar-refractivity contribution in [2.45, 2.75) is 59.0 Å². The van der Waals surface area contributed by atoms with E-state index in [9.17, 15) is 4.79 Å². The first kappa shape index (κ1) is 12.5. The van der Waals surface area contributed by atoms with Gasteiger partial charge in [-0.15, -0.1) is 0 Å². The zero-order chi connectivity index (χ0) is 11.4. The largest absolute Gasteiger partial charge is 0.326 e. The predicted molar refractivity (Wildman–Crippen MR) is 62.5 cm³/mol. The highest BCUT2D eigenvalue weighted by atomic mass is 16.2. The Morgan fingerprint density at radius 2 is 2.07 bits per heavy atom. The fraction of sp³-hybridized carbons (Fsp3) is 0.917. The van der Waals surface area contributed by atoms with E-state index < -0.39 is 0 Å². The van der Waals surface area contributed by atoms with E-state index in [4.69, 9.17) is 0 Å². The van der Waals surface area contributed by atoms with Crippen LogP contribution >= 0.6 is 0 Å². The minimum absolute atomic E-state index is 0.0616. The molecule has 1 fully saturated rings. The lowest BCUT2D eigenvalue weighted by Crippen LogP contribution is -2.36. The van der Waals surface area contributed by atoms with Crippen LogP contribution in [0.25, 0.3) is 0 Å². The van der Waals surface area contributed by atoms with Crippen molar-refractivity contribution in [1.29, 1.82) is 0 Å². The van der Waals surface area contributed by atoms with Gasteiger partial charge in [-0.1, -0.05) is 20.8 Å². The van der Waals surface area contributed by atoms with Crippen LogP contribution < -0.4 is 5.32 Å². The molecule has 0 aromatic carbocycles. The molecule has 1 saturated heterocycles. The molecule has 0 aliphatic carbocycles. The molecule has 0 aromatic heterocycles. The topological polar surface area (TPSA) is 32.3 Å². The number of nitrogens with one attached hydrogen (secondary N) is 1. The molecular formula is C12H24N2O. The van der Waals surface area contributed by atoms with E-state index in [0.29, 0.717) is 6.04 Å². The van der Waals surface area contributed by atoms with E-state index in [-0.39, 0.29) is 11.9 Å². The molecule has 3 nitrogen and oxygen atoms in total. The van der Waals surface area contributed by atoms with Crippen molar-refractivity contribution in [3.05, 3.63) is 0 Å². The van der Waals surface area contributed by atoms with Crippen molar-refractivity contribution < 1.29 is 4.79 Å². The molecule has 0 bridgehead atoms. The summed E-state index contributed by atoms with van der Waals surface area (Å²) in [6, 6.07) is 0.440. The number of rotatable bonds is 5. The Morgan fingerprint density at radius 1 is 1.40 bits per heavy atom. The van der Waals surface area contributed by atoms with Gasteiger partial charge in [0.2, 0.25) is 5.91 Å². The molecule has 1 N–H and O–H groups in total. The van der Waals surface area contributed by atoms with Gasteiger partial charge >= 0.3 is 0 Å². The van der Waals surface area contributed by atoms with Crippen LogP contribution in [0.3, 0.4) is 0 Å². The van der Waals surface area contributed by atoms with Crippen LogP contribution in [0.2, 0.25) is 0 Å². The SMILES string of the molecule is CCC1NCN(C(C)CCC(C)C)C1=O. The Labute approximate surface area is 93.2 Å². The Bertz CT molecular complexity index is 216. The number of amides is 1. The van der Waals surface area contributed by atoms with Gasteiger partial charge in [-0.25, -0.2) is 0 Å². The lowest BCUT2D eigenvalue weighted by Gasteiger charge is -2.24. The van der Waals surface area contributed by atoms with E-state index in [1.54, 1.807) is 0 Å². The normalized spacial score (nSPS) is 23.9. The summed E-state index contributed by atoms with van der Waals surface area (Å²) < 4.78 is 0. The number of carbonyl (C=O) groups excluding carboxylic acids is 1. The molecule has 1 amide bonds. The summed E-state index contributed by atoms with van der Waals surface area (Å²) in [4.78, 5) is 13.9. The molecule has 1 aliphatic heterocycles. The molecule has 0 aromatic rings. The third kappa shape index (κ3) is 3.20. The second kappa shape index (κ2) is 5.50. The molecule has 2 atom stereocenters. The standard InChI is InChI=1S/C12H24N2O/c1-5-11-12(15)14(8-13-11)10(4)7-6-9(2)3/h9-11,13H,5-8H2,1-4H3. The van der Waals surface area contributed by atoms with Crippen molar-refractivity contribution >= 4 is 5.91 Å². The summed E-state index contributed by atoms with van der Waals surface area (Å²) >= 11 is 0. The number of hydrogen-bond donors (Lipinski definition) is 1. The second-order valence-corrected chi connectivity index (χ2v) is 4.95. The Morgan fingerprint density at radius 3 is 2.53 bits per heavy atom. The zero-order valence-electron chi connectivity index (χ0n) is 10.4. The lowest BCUT2D eigenvalue weighted by atomic mass is 10.0. The van der Waals surface area contributed by atoms with Gasteiger partial charge in [0.05, 0.1) is 12.7 Å². The van der Waals surface area contributed by atoms with E-state index in [1.807, 2.05) is 4.90 Å². The summed E-state index contributed by atoms with van der Waals surface area (Å²) in [5.74, 6) is 1.01. The van der Waals surface area contributed by atoms with E-state index in [2.05, 4.69) is 33.0 Å². The Kier molecular flexibility index (Phi) is 4.58. The quantitative estimate of drug-likeness (QED) is 0.755. The smallest absolute Gasteiger partial charge is 0.241 e. The molecule has 0 saturated carbocycles. The average Bonchev–Trinajstić information content (AvgIpc) is 2.56. The molecule has 0 spiro atoms. The molecule has 15 heavy (non-hydrogen) atoms. The van der Waals surface area contributed by atoms with Gasteiger partial charge in [0.25, 0.3) is 0 Å². The fourth-order valence-electron chi connectivity index (χ4n) is 2.00. The highest BCUT2D eigenvalue weighted by molar-refractivity contribution is 5.83. The van der Waals surface area contributed by atoms with E-state index in [0.717, 1.165) is 25.4 Å². The Balaban J connectivity index is 2.40. The van der Waals surface area contributed by atoms with Crippen LogP contribution in [0.4, 0.5) is 0 Å². The molecule has 1 rings (SSSR count). The van der Waals surface area contributed by atoms with Crippen molar-refractivity contribution in [2.24, 2.45) is 5.92 Å². The van der Waals surface area contributed by atoms with Crippen LogP contribution in [0, 0.1) is 5.92 Å². The highest BCUT2D eigenvalue weighted by Crippen LogP contribution is 2.16. The third-order valence-electron chi connectivity index (χ3n) is 3.19. The van der Waals surface area contributed by atoms with Crippen molar-refractivity contribution in [3.8, 4) is 0 Å². The molecule has 0 radical (unpaired) electrons. The second-order valence-electron chi connectivity index (χ2n) is 4.95. The van der Waals surface area contributed by atoms with Gasteiger partial charge in [-0.05, 0) is 32.1 Å². The zero-order valence-corrected chi connectivity index (χ0v) is 10.4. The van der Waals surface area contributed by atoms with Gasteiger partial charge in [-0.2, -0.15) is 0 Å². The average molecular weight is 212 g/mol. The van der Waals surface area contributed by atoms with Gasteiger partial charge in [0.1, 0.15) is 0 Å². The molecular weight excluding hydrogens is 188 g/mol. The maximum absolute atomic E-state index is 11.9. The van der Waals surface area contributed by atoms with Crippen molar-refractivity contribution in [3.63, 3.8) is 0 Å². The Hall–Kier alpha value is -0.570. The number of carbonyl (C=O) groups is 1. The number of nitrogens with zero attached hydrogens (tertiary/aromatic N) is 1. The van der Waals surface area contributed by atoms with Crippen LogP contribution in [0.1, 0.15) is 47.0 Å². The molecule has 1 heterocycles. The lowest BCUT2D eigenvalue weighted by molar-refractivity contribution is -0.130. The fourth-order valence-corrected chi connectivity index (χ4v) is 2.00. The van der Waals surface area contributed by atoms with Crippen LogP contribution in [0.5, 0.6) is 0 Å². The monoisotopic (exact) mass is 212 g/mol. The van der Waals surface area contributed by atoms with Gasteiger partial charge in [-0.3, -0.25) is 10.1 Å². The van der Waals surface area contributed by atoms with Crippen molar-refractivity contribution in [2.75, 3.05) is 6.67 Å². The summed E-state index contributed by atoms with van der Waals surface area (Å²) in [7, 11) is 0. The first-order chi connectivity index (χ1) is 7.06. The minimum Gasteiger partial charge on any atom is -0.326 e. The maximum Gasteiger partial charge on any atom is 0.241 e.